The first kappa shape index (κ1) is 16.9. The van der Waals surface area contributed by atoms with Gasteiger partial charge in [-0.25, -0.2) is 4.79 Å². The molecule has 1 amide bonds. The Balaban J connectivity index is 1.69. The van der Waals surface area contributed by atoms with Crippen molar-refractivity contribution in [2.45, 2.75) is 11.8 Å². The van der Waals surface area contributed by atoms with Gasteiger partial charge in [-0.1, -0.05) is 6.07 Å². The van der Waals surface area contributed by atoms with Crippen LogP contribution in [0.2, 0.25) is 0 Å². The number of benzene rings is 2. The molecule has 0 atom stereocenters. The smallest absolute Gasteiger partial charge is 0.331 e. The molecule has 1 aliphatic heterocycles. The van der Waals surface area contributed by atoms with Gasteiger partial charge in [0.1, 0.15) is 11.9 Å². The van der Waals surface area contributed by atoms with E-state index in [-0.39, 0.29) is 25.0 Å². The highest BCUT2D eigenvalue weighted by molar-refractivity contribution is 8.03. The molecule has 0 aromatic heterocycles. The number of hydrogen-bond acceptors (Lipinski definition) is 6. The minimum Gasteiger partial charge on any atom is -0.423 e. The van der Waals surface area contributed by atoms with Crippen LogP contribution in [-0.2, 0) is 9.59 Å². The van der Waals surface area contributed by atoms with Crippen molar-refractivity contribution in [3.63, 3.8) is 0 Å². The Morgan fingerprint density at radius 2 is 2.08 bits per heavy atom. The summed E-state index contributed by atoms with van der Waals surface area (Å²) in [5, 5.41) is 13.4. The van der Waals surface area contributed by atoms with Gasteiger partial charge in [-0.3, -0.25) is 4.79 Å². The molecule has 0 bridgehead atoms. The number of esters is 1. The fourth-order valence-electron chi connectivity index (χ4n) is 2.53. The zero-order valence-electron chi connectivity index (χ0n) is 13.5. The van der Waals surface area contributed by atoms with Crippen LogP contribution in [-0.4, -0.2) is 25.0 Å². The van der Waals surface area contributed by atoms with E-state index in [0.29, 0.717) is 11.4 Å². The molecule has 0 saturated heterocycles. The van der Waals surface area contributed by atoms with Crippen LogP contribution in [0.1, 0.15) is 5.56 Å². The van der Waals surface area contributed by atoms with Crippen LogP contribution in [0.25, 0.3) is 0 Å². The lowest BCUT2D eigenvalue weighted by molar-refractivity contribution is -0.133. The molecule has 1 aliphatic rings. The molecule has 2 aromatic rings. The number of ether oxygens (including phenoxy) is 1. The Morgan fingerprint density at radius 3 is 2.80 bits per heavy atom. The van der Waals surface area contributed by atoms with E-state index in [1.54, 1.807) is 35.2 Å². The van der Waals surface area contributed by atoms with Gasteiger partial charge in [0, 0.05) is 10.6 Å². The second-order valence-electron chi connectivity index (χ2n) is 5.57. The molecular formula is C18H15N3O3S. The maximum atomic E-state index is 12.3. The van der Waals surface area contributed by atoms with Crippen LogP contribution in [0.4, 0.5) is 11.4 Å². The van der Waals surface area contributed by atoms with Crippen LogP contribution in [0.3, 0.4) is 0 Å². The Labute approximate surface area is 149 Å². The summed E-state index contributed by atoms with van der Waals surface area (Å²) in [6, 6.07) is 12.5. The van der Waals surface area contributed by atoms with Gasteiger partial charge in [-0.05, 0) is 60.6 Å². The van der Waals surface area contributed by atoms with E-state index in [1.807, 2.05) is 24.5 Å². The van der Waals surface area contributed by atoms with Crippen LogP contribution in [0.5, 0.6) is 5.75 Å². The maximum Gasteiger partial charge on any atom is 0.331 e. The normalized spacial score (nSPS) is 12.8. The summed E-state index contributed by atoms with van der Waals surface area (Å²) in [5.74, 6) is -0.146. The third-order valence-corrected chi connectivity index (χ3v) is 4.23. The van der Waals surface area contributed by atoms with E-state index in [0.717, 1.165) is 27.9 Å². The predicted molar refractivity (Wildman–Crippen MR) is 95.6 cm³/mol. The zero-order chi connectivity index (χ0) is 17.8. The third-order valence-electron chi connectivity index (χ3n) is 3.64. The quantitative estimate of drug-likeness (QED) is 0.394. The standard InChI is InChI=1S/C18H15N3O3S/c1-12-2-7-15-16(8-12)24-18(23)10-21(15)9-17(22)20-13-3-5-14(6-4-13)25-11-19/h2-8H,9-10H2,1H3,(H,20,22). The maximum absolute atomic E-state index is 12.3. The molecule has 0 radical (unpaired) electrons. The molecule has 0 fully saturated rings. The van der Waals surface area contributed by atoms with Gasteiger partial charge in [0.2, 0.25) is 5.91 Å². The second-order valence-corrected chi connectivity index (χ2v) is 6.43. The number of thiocyanates is 1. The van der Waals surface area contributed by atoms with E-state index < -0.39 is 0 Å². The number of rotatable bonds is 4. The van der Waals surface area contributed by atoms with E-state index >= 15 is 0 Å². The Kier molecular flexibility index (Phi) is 4.91. The number of hydrogen-bond donors (Lipinski definition) is 1. The second kappa shape index (κ2) is 7.28. The first-order valence-electron chi connectivity index (χ1n) is 7.57. The number of nitrogens with one attached hydrogen (secondary N) is 1. The molecule has 0 saturated carbocycles. The van der Waals surface area contributed by atoms with E-state index in [4.69, 9.17) is 10.00 Å². The molecule has 0 unspecified atom stereocenters. The van der Waals surface area contributed by atoms with Gasteiger partial charge in [-0.2, -0.15) is 5.26 Å². The summed E-state index contributed by atoms with van der Waals surface area (Å²) in [4.78, 5) is 26.6. The first-order valence-corrected chi connectivity index (χ1v) is 8.39. The van der Waals surface area contributed by atoms with Crippen molar-refractivity contribution >= 4 is 35.0 Å². The molecule has 3 rings (SSSR count). The van der Waals surface area contributed by atoms with Crippen molar-refractivity contribution < 1.29 is 14.3 Å². The van der Waals surface area contributed by atoms with Gasteiger partial charge >= 0.3 is 5.97 Å². The van der Waals surface area contributed by atoms with Crippen LogP contribution in [0, 0.1) is 17.6 Å². The van der Waals surface area contributed by atoms with Gasteiger partial charge in [-0.15, -0.1) is 0 Å². The molecule has 1 N–H and O–H groups in total. The molecule has 6 nitrogen and oxygen atoms in total. The minimum absolute atomic E-state index is 0.0290. The Bertz CT molecular complexity index is 859. The average molecular weight is 353 g/mol. The number of amides is 1. The van der Waals surface area contributed by atoms with E-state index in [9.17, 15) is 9.59 Å². The van der Waals surface area contributed by atoms with Gasteiger partial charge < -0.3 is 15.0 Å². The van der Waals surface area contributed by atoms with Crippen LogP contribution in [0.15, 0.2) is 47.4 Å². The number of aryl methyl sites for hydroxylation is 1. The molecule has 126 valence electrons. The van der Waals surface area contributed by atoms with Gasteiger partial charge in [0.05, 0.1) is 12.2 Å². The largest absolute Gasteiger partial charge is 0.423 e. The van der Waals surface area contributed by atoms with Crippen LogP contribution >= 0.6 is 11.8 Å². The lowest BCUT2D eigenvalue weighted by Crippen LogP contribution is -2.41. The highest BCUT2D eigenvalue weighted by atomic mass is 32.2. The minimum atomic E-state index is -0.385. The summed E-state index contributed by atoms with van der Waals surface area (Å²) in [6.07, 6.45) is 0. The number of fused-ring (bicyclic) bond motifs is 1. The number of carbonyl (C=O) groups is 2. The number of anilines is 2. The number of thioether (sulfide) groups is 1. The van der Waals surface area contributed by atoms with Crippen molar-refractivity contribution in [1.29, 1.82) is 5.26 Å². The first-order chi connectivity index (χ1) is 12.0. The van der Waals surface area contributed by atoms with Gasteiger partial charge in [0.15, 0.2) is 5.75 Å². The summed E-state index contributed by atoms with van der Waals surface area (Å²) in [5.41, 5.74) is 2.34. The highest BCUT2D eigenvalue weighted by Gasteiger charge is 2.25. The molecule has 2 aromatic carbocycles. The SMILES string of the molecule is Cc1ccc2c(c1)OC(=O)CN2CC(=O)Nc1ccc(SC#N)cc1. The summed E-state index contributed by atoms with van der Waals surface area (Å²) < 4.78 is 5.24. The molecule has 0 spiro atoms. The van der Waals surface area contributed by atoms with Crippen molar-refractivity contribution in [3.05, 3.63) is 48.0 Å². The molecule has 25 heavy (non-hydrogen) atoms. The molecule has 7 heteroatoms. The molecule has 1 heterocycles. The van der Waals surface area contributed by atoms with E-state index in [2.05, 4.69) is 5.32 Å². The average Bonchev–Trinajstić information content (AvgIpc) is 2.56. The number of nitrogens with zero attached hydrogens (tertiary/aromatic N) is 2. The number of nitriles is 1. The summed E-state index contributed by atoms with van der Waals surface area (Å²) in [7, 11) is 0. The fraction of sp³-hybridized carbons (Fsp3) is 0.167. The Hall–Kier alpha value is -2.98. The summed E-state index contributed by atoms with van der Waals surface area (Å²) in [6.45, 7) is 1.98. The topological polar surface area (TPSA) is 82.4 Å². The zero-order valence-corrected chi connectivity index (χ0v) is 14.3. The molecule has 0 aliphatic carbocycles. The lowest BCUT2D eigenvalue weighted by atomic mass is 10.1. The monoisotopic (exact) mass is 353 g/mol. The van der Waals surface area contributed by atoms with Crippen molar-refractivity contribution in [2.24, 2.45) is 0 Å². The van der Waals surface area contributed by atoms with Crippen LogP contribution < -0.4 is 15.0 Å². The lowest BCUT2D eigenvalue weighted by Gasteiger charge is -2.29. The number of carbonyl (C=O) groups excluding carboxylic acids is 2. The van der Waals surface area contributed by atoms with E-state index in [1.165, 1.54) is 0 Å². The summed E-state index contributed by atoms with van der Waals surface area (Å²) >= 11 is 1.06. The Morgan fingerprint density at radius 1 is 1.32 bits per heavy atom. The predicted octanol–water partition coefficient (Wildman–Crippen LogP) is 2.93. The fourth-order valence-corrected chi connectivity index (χ4v) is 2.91. The highest BCUT2D eigenvalue weighted by Crippen LogP contribution is 2.32. The van der Waals surface area contributed by atoms with Crippen molar-refractivity contribution in [1.82, 2.24) is 0 Å². The van der Waals surface area contributed by atoms with Gasteiger partial charge in [0.25, 0.3) is 0 Å². The van der Waals surface area contributed by atoms with Crippen molar-refractivity contribution in [3.8, 4) is 11.2 Å². The molecular weight excluding hydrogens is 338 g/mol. The third kappa shape index (κ3) is 4.11. The van der Waals surface area contributed by atoms with Crippen molar-refractivity contribution in [2.75, 3.05) is 23.3 Å².